The summed E-state index contributed by atoms with van der Waals surface area (Å²) < 4.78 is 0. The maximum atomic E-state index is 5.64. The van der Waals surface area contributed by atoms with Crippen LogP contribution in [0.15, 0.2) is 5.51 Å². The van der Waals surface area contributed by atoms with Crippen LogP contribution < -0.4 is 11.1 Å². The molecule has 0 spiro atoms. The minimum absolute atomic E-state index is 0.483. The van der Waals surface area contributed by atoms with Gasteiger partial charge in [-0.3, -0.25) is 0 Å². The molecule has 0 aromatic carbocycles. The third-order valence-electron chi connectivity index (χ3n) is 1.35. The third-order valence-corrected chi connectivity index (χ3v) is 2.05. The smallest absolute Gasteiger partial charge is 0.110 e. The Hall–Kier alpha value is -0.610. The van der Waals surface area contributed by atoms with Crippen LogP contribution in [0.3, 0.4) is 0 Å². The molecule has 0 aliphatic heterocycles. The number of thiazole rings is 1. The lowest BCUT2D eigenvalue weighted by Crippen LogP contribution is -2.22. The molecule has 1 rings (SSSR count). The van der Waals surface area contributed by atoms with Gasteiger partial charge in [-0.1, -0.05) is 13.8 Å². The van der Waals surface area contributed by atoms with Gasteiger partial charge in [0.1, 0.15) is 5.00 Å². The van der Waals surface area contributed by atoms with Gasteiger partial charge in [0, 0.05) is 12.6 Å². The number of aromatic nitrogens is 1. The normalized spacial score (nSPS) is 10.8. The molecule has 0 unspecified atom stereocenters. The molecule has 0 bridgehead atoms. The highest BCUT2D eigenvalue weighted by Gasteiger charge is 2.01. The first kappa shape index (κ1) is 8.49. The van der Waals surface area contributed by atoms with Gasteiger partial charge in [-0.25, -0.2) is 4.98 Å². The summed E-state index contributed by atoms with van der Waals surface area (Å²) in [6.07, 6.45) is 0. The summed E-state index contributed by atoms with van der Waals surface area (Å²) in [7, 11) is 0. The fraction of sp³-hybridized carbons (Fsp3) is 0.571. The van der Waals surface area contributed by atoms with E-state index in [2.05, 4.69) is 24.1 Å². The number of rotatable bonds is 3. The first-order valence-electron chi connectivity index (χ1n) is 3.61. The number of nitrogen functional groups attached to an aromatic ring is 1. The Morgan fingerprint density at radius 2 is 2.45 bits per heavy atom. The van der Waals surface area contributed by atoms with Crippen LogP contribution in [-0.4, -0.2) is 11.0 Å². The second-order valence-corrected chi connectivity index (χ2v) is 3.59. The van der Waals surface area contributed by atoms with Crippen LogP contribution in [0.4, 0.5) is 5.00 Å². The fourth-order valence-corrected chi connectivity index (χ4v) is 1.27. The molecule has 0 saturated carbocycles. The zero-order valence-corrected chi connectivity index (χ0v) is 7.61. The van der Waals surface area contributed by atoms with E-state index in [1.165, 1.54) is 11.3 Å². The Balaban J connectivity index is 2.44. The maximum absolute atomic E-state index is 5.64. The van der Waals surface area contributed by atoms with E-state index in [0.29, 0.717) is 6.04 Å². The Morgan fingerprint density at radius 1 is 1.73 bits per heavy atom. The fourth-order valence-electron chi connectivity index (χ4n) is 0.712. The summed E-state index contributed by atoms with van der Waals surface area (Å²) >= 11 is 1.48. The molecule has 0 amide bonds. The molecular formula is C7H13N3S. The van der Waals surface area contributed by atoms with Crippen LogP contribution in [0.5, 0.6) is 0 Å². The Morgan fingerprint density at radius 3 is 2.91 bits per heavy atom. The second kappa shape index (κ2) is 3.69. The summed E-state index contributed by atoms with van der Waals surface area (Å²) in [4.78, 5) is 4.12. The van der Waals surface area contributed by atoms with Gasteiger partial charge in [0.15, 0.2) is 0 Å². The molecule has 0 fully saturated rings. The molecule has 62 valence electrons. The van der Waals surface area contributed by atoms with Crippen LogP contribution in [0.1, 0.15) is 19.5 Å². The van der Waals surface area contributed by atoms with Gasteiger partial charge in [0.25, 0.3) is 0 Å². The van der Waals surface area contributed by atoms with Crippen molar-refractivity contribution in [3.8, 4) is 0 Å². The number of nitrogens with zero attached hydrogens (tertiary/aromatic N) is 1. The zero-order chi connectivity index (χ0) is 8.27. The van der Waals surface area contributed by atoms with Crippen LogP contribution in [0.25, 0.3) is 0 Å². The number of hydrogen-bond donors (Lipinski definition) is 2. The largest absolute Gasteiger partial charge is 0.389 e. The van der Waals surface area contributed by atoms with E-state index in [4.69, 9.17) is 5.73 Å². The summed E-state index contributed by atoms with van der Waals surface area (Å²) in [6.45, 7) is 4.97. The van der Waals surface area contributed by atoms with Crippen molar-refractivity contribution in [2.45, 2.75) is 26.4 Å². The standard InChI is InChI=1S/C7H13N3S/c1-5(2)9-3-6-7(8)11-4-10-6/h4-5,9H,3,8H2,1-2H3. The highest BCUT2D eigenvalue weighted by Crippen LogP contribution is 2.14. The Bertz CT molecular complexity index is 219. The Kier molecular flexibility index (Phi) is 2.84. The van der Waals surface area contributed by atoms with Crippen molar-refractivity contribution >= 4 is 16.3 Å². The maximum Gasteiger partial charge on any atom is 0.110 e. The van der Waals surface area contributed by atoms with Gasteiger partial charge in [0.05, 0.1) is 11.2 Å². The molecule has 3 N–H and O–H groups in total. The summed E-state index contributed by atoms with van der Waals surface area (Å²) in [5.74, 6) is 0. The molecule has 11 heavy (non-hydrogen) atoms. The number of nitrogens with one attached hydrogen (secondary N) is 1. The van der Waals surface area contributed by atoms with Gasteiger partial charge in [-0.05, 0) is 0 Å². The molecule has 0 aliphatic rings. The van der Waals surface area contributed by atoms with E-state index in [-0.39, 0.29) is 0 Å². The lowest BCUT2D eigenvalue weighted by molar-refractivity contribution is 0.584. The summed E-state index contributed by atoms with van der Waals surface area (Å²) in [6, 6.07) is 0.483. The minimum atomic E-state index is 0.483. The molecule has 0 saturated heterocycles. The van der Waals surface area contributed by atoms with Crippen LogP contribution in [0.2, 0.25) is 0 Å². The molecule has 0 atom stereocenters. The van der Waals surface area contributed by atoms with Gasteiger partial charge in [-0.15, -0.1) is 11.3 Å². The third kappa shape index (κ3) is 2.48. The van der Waals surface area contributed by atoms with Gasteiger partial charge in [0.2, 0.25) is 0 Å². The van der Waals surface area contributed by atoms with Crippen LogP contribution in [0, 0.1) is 0 Å². The first-order chi connectivity index (χ1) is 5.20. The minimum Gasteiger partial charge on any atom is -0.389 e. The van der Waals surface area contributed by atoms with E-state index in [1.54, 1.807) is 5.51 Å². The van der Waals surface area contributed by atoms with Crippen molar-refractivity contribution in [3.05, 3.63) is 11.2 Å². The first-order valence-corrected chi connectivity index (χ1v) is 4.49. The monoisotopic (exact) mass is 171 g/mol. The van der Waals surface area contributed by atoms with Crippen molar-refractivity contribution in [3.63, 3.8) is 0 Å². The average Bonchev–Trinajstić information content (AvgIpc) is 2.31. The number of hydrogen-bond acceptors (Lipinski definition) is 4. The number of nitrogens with two attached hydrogens (primary N) is 1. The van der Waals surface area contributed by atoms with Crippen molar-refractivity contribution in [2.75, 3.05) is 5.73 Å². The van der Waals surface area contributed by atoms with E-state index in [0.717, 1.165) is 17.2 Å². The van der Waals surface area contributed by atoms with Crippen molar-refractivity contribution in [2.24, 2.45) is 0 Å². The van der Waals surface area contributed by atoms with Crippen molar-refractivity contribution in [1.29, 1.82) is 0 Å². The van der Waals surface area contributed by atoms with Crippen LogP contribution >= 0.6 is 11.3 Å². The predicted octanol–water partition coefficient (Wildman–Crippen LogP) is 1.22. The van der Waals surface area contributed by atoms with E-state index >= 15 is 0 Å². The average molecular weight is 171 g/mol. The predicted molar refractivity (Wildman–Crippen MR) is 48.5 cm³/mol. The second-order valence-electron chi connectivity index (χ2n) is 2.70. The number of anilines is 1. The highest BCUT2D eigenvalue weighted by molar-refractivity contribution is 7.13. The molecule has 0 radical (unpaired) electrons. The quantitative estimate of drug-likeness (QED) is 0.719. The molecule has 1 aromatic heterocycles. The molecular weight excluding hydrogens is 158 g/mol. The molecule has 3 nitrogen and oxygen atoms in total. The summed E-state index contributed by atoms with van der Waals surface area (Å²) in [5.41, 5.74) is 8.38. The lowest BCUT2D eigenvalue weighted by Gasteiger charge is -2.05. The highest BCUT2D eigenvalue weighted by atomic mass is 32.1. The zero-order valence-electron chi connectivity index (χ0n) is 6.79. The van der Waals surface area contributed by atoms with Crippen molar-refractivity contribution < 1.29 is 0 Å². The van der Waals surface area contributed by atoms with Crippen molar-refractivity contribution in [1.82, 2.24) is 10.3 Å². The van der Waals surface area contributed by atoms with E-state index in [1.807, 2.05) is 0 Å². The van der Waals surface area contributed by atoms with Gasteiger partial charge < -0.3 is 11.1 Å². The van der Waals surface area contributed by atoms with Gasteiger partial charge >= 0.3 is 0 Å². The van der Waals surface area contributed by atoms with Gasteiger partial charge in [-0.2, -0.15) is 0 Å². The molecule has 4 heteroatoms. The Labute approximate surface area is 70.6 Å². The summed E-state index contributed by atoms with van der Waals surface area (Å²) in [5, 5.41) is 4.07. The van der Waals surface area contributed by atoms with E-state index in [9.17, 15) is 0 Å². The molecule has 1 aromatic rings. The van der Waals surface area contributed by atoms with Crippen LogP contribution in [-0.2, 0) is 6.54 Å². The SMILES string of the molecule is CC(C)NCc1ncsc1N. The van der Waals surface area contributed by atoms with E-state index < -0.39 is 0 Å². The lowest BCUT2D eigenvalue weighted by atomic mass is 10.3. The molecule has 0 aliphatic carbocycles. The topological polar surface area (TPSA) is 50.9 Å². The molecule has 1 heterocycles.